The van der Waals surface area contributed by atoms with Crippen molar-refractivity contribution in [2.24, 2.45) is 16.7 Å². The predicted molar refractivity (Wildman–Crippen MR) is 346 cm³/mol. The summed E-state index contributed by atoms with van der Waals surface area (Å²) in [6, 6.07) is 26.1. The Labute approximate surface area is 545 Å². The van der Waals surface area contributed by atoms with Crippen molar-refractivity contribution >= 4 is 41.7 Å². The van der Waals surface area contributed by atoms with Crippen LogP contribution in [0.15, 0.2) is 149 Å². The lowest BCUT2D eigenvalue weighted by Gasteiger charge is -2.67. The van der Waals surface area contributed by atoms with Gasteiger partial charge in [0.05, 0.1) is 29.6 Å². The number of aryl methyl sites for hydroxylation is 2. The van der Waals surface area contributed by atoms with Gasteiger partial charge in [-0.1, -0.05) is 116 Å². The first-order chi connectivity index (χ1) is 44.0. The summed E-state index contributed by atoms with van der Waals surface area (Å²) in [6.07, 6.45) is 1.39. The van der Waals surface area contributed by atoms with Crippen LogP contribution in [0.1, 0.15) is 177 Å². The van der Waals surface area contributed by atoms with Crippen molar-refractivity contribution in [3.63, 3.8) is 0 Å². The first kappa shape index (κ1) is 69.2. The van der Waals surface area contributed by atoms with Gasteiger partial charge in [-0.25, -0.2) is 14.4 Å². The molecular weight excluding hydrogens is 1190 g/mol. The summed E-state index contributed by atoms with van der Waals surface area (Å²) in [7, 11) is 0. The summed E-state index contributed by atoms with van der Waals surface area (Å²) in [5.74, 6) is -6.41. The van der Waals surface area contributed by atoms with Crippen LogP contribution in [0.2, 0.25) is 0 Å². The highest BCUT2D eigenvalue weighted by Crippen LogP contribution is 2.64. The van der Waals surface area contributed by atoms with Gasteiger partial charge >= 0.3 is 30.0 Å². The molecule has 4 aromatic carbocycles. The molecule has 1 saturated heterocycles. The lowest BCUT2D eigenvalue weighted by Crippen LogP contribution is -2.82. The Bertz CT molecular complexity index is 3610. The molecule has 12 atom stereocenters. The molecule has 3 fully saturated rings. The molecule has 0 aromatic heterocycles. The highest BCUT2D eigenvalue weighted by Gasteiger charge is 2.78. The Balaban J connectivity index is 1.06. The molecule has 1 amide bonds. The largest absolute Gasteiger partial charge is 0.514 e. The van der Waals surface area contributed by atoms with E-state index in [0.29, 0.717) is 29.7 Å². The van der Waals surface area contributed by atoms with Crippen LogP contribution < -0.4 is 14.8 Å². The van der Waals surface area contributed by atoms with Gasteiger partial charge in [0.2, 0.25) is 6.10 Å². The number of ether oxygens (including phenoxy) is 8. The average Bonchev–Trinajstić information content (AvgIpc) is 0.670. The van der Waals surface area contributed by atoms with E-state index in [1.54, 1.807) is 105 Å². The summed E-state index contributed by atoms with van der Waals surface area (Å²) in [5.41, 5.74) is -2.60. The van der Waals surface area contributed by atoms with E-state index in [0.717, 1.165) is 57.9 Å². The number of carbonyl (C=O) groups excluding carboxylic acids is 7. The third kappa shape index (κ3) is 14.5. The number of aliphatic hydroxyl groups excluding tert-OH is 1. The number of rotatable bonds is 21. The van der Waals surface area contributed by atoms with Crippen LogP contribution in [-0.4, -0.2) is 112 Å². The number of nitrogens with one attached hydrogen (secondary N) is 1. The summed E-state index contributed by atoms with van der Waals surface area (Å²) in [5, 5.41) is 29.4. The molecule has 2 heterocycles. The minimum atomic E-state index is -2.51. The number of benzene rings is 4. The first-order valence-corrected chi connectivity index (χ1v) is 32.2. The zero-order valence-electron chi connectivity index (χ0n) is 55.5. The van der Waals surface area contributed by atoms with Crippen molar-refractivity contribution in [2.45, 2.75) is 207 Å². The minimum Gasteiger partial charge on any atom is -0.487 e. The van der Waals surface area contributed by atoms with Crippen molar-refractivity contribution in [1.29, 1.82) is 0 Å². The van der Waals surface area contributed by atoms with Gasteiger partial charge in [0, 0.05) is 37.7 Å². The van der Waals surface area contributed by atoms with Gasteiger partial charge in [-0.2, -0.15) is 0 Å². The Morgan fingerprint density at radius 2 is 1.37 bits per heavy atom. The third-order valence-corrected chi connectivity index (χ3v) is 19.8. The number of hydrogen-bond acceptors (Lipinski definition) is 17. The molecule has 0 unspecified atom stereocenters. The summed E-state index contributed by atoms with van der Waals surface area (Å²) < 4.78 is 50.1. The van der Waals surface area contributed by atoms with Gasteiger partial charge in [0.25, 0.3) is 5.91 Å². The topological polar surface area (TPSA) is 246 Å². The van der Waals surface area contributed by atoms with E-state index in [1.165, 1.54) is 42.7 Å². The molecule has 3 aliphatic carbocycles. The number of Topliss-reactive ketones (excluding diaryl/α,β-unsaturated/α-hetero) is 1. The van der Waals surface area contributed by atoms with Crippen molar-refractivity contribution < 1.29 is 81.7 Å². The summed E-state index contributed by atoms with van der Waals surface area (Å²) in [4.78, 5) is 102. The molecule has 4 aromatic rings. The highest BCUT2D eigenvalue weighted by molar-refractivity contribution is 5.96. The summed E-state index contributed by atoms with van der Waals surface area (Å²) >= 11 is 0. The Kier molecular flexibility index (Phi) is 21.0. The number of carbonyl (C=O) groups is 7. The monoisotopic (exact) mass is 1280 g/mol. The van der Waals surface area contributed by atoms with Crippen LogP contribution in [0.5, 0.6) is 11.5 Å². The lowest BCUT2D eigenvalue weighted by molar-refractivity contribution is -0.346. The number of esters is 4. The van der Waals surface area contributed by atoms with Gasteiger partial charge in [-0.15, -0.1) is 0 Å². The van der Waals surface area contributed by atoms with E-state index in [1.807, 2.05) is 6.92 Å². The third-order valence-electron chi connectivity index (χ3n) is 19.8. The van der Waals surface area contributed by atoms with Crippen molar-refractivity contribution in [3.8, 4) is 11.5 Å². The van der Waals surface area contributed by atoms with Crippen molar-refractivity contribution in [1.82, 2.24) is 5.32 Å². The number of hydrogen-bond donors (Lipinski definition) is 3. The van der Waals surface area contributed by atoms with E-state index in [-0.39, 0.29) is 41.1 Å². The number of aliphatic hydroxyl groups is 2. The fraction of sp³-hybridized carbons (Fsp3) is 0.480. The molecule has 0 radical (unpaired) electrons. The SMILES string of the molecule is CC(=O)O[C@@H]1C(=O)[C@@]2(C)[C@H](O)C[C@@H]3OC[C@]3(OC(C)=O)[C@@H]2[C@@H](OC(=O)c2ccccc2)[C@@]2(O)C[C@@H](OC(=O)[C@@H](OC(=O)Oc3cc(C)c4c(c3)CC[C@@](C)(CC/C=C(\C)CC/C=C(\C)CCC=C(C)C)O4)[C@H](NC(=O)c3ccccc3)c3ccccc3)C(C)=C1C2(C)C. The molecule has 496 valence electrons. The van der Waals surface area contributed by atoms with E-state index < -0.39 is 124 Å². The highest BCUT2D eigenvalue weighted by atomic mass is 16.7. The Morgan fingerprint density at radius 3 is 1.97 bits per heavy atom. The average molecular weight is 1280 g/mol. The van der Waals surface area contributed by atoms with Crippen LogP contribution >= 0.6 is 0 Å². The number of amides is 1. The predicted octanol–water partition coefficient (Wildman–Crippen LogP) is 12.6. The van der Waals surface area contributed by atoms with Gasteiger partial charge in [-0.3, -0.25) is 19.2 Å². The maximum absolute atomic E-state index is 16.0. The number of fused-ring (bicyclic) bond motifs is 6. The van der Waals surface area contributed by atoms with Crippen LogP contribution in [0.4, 0.5) is 4.79 Å². The molecule has 18 nitrogen and oxygen atoms in total. The molecular formula is C75H89NO17. The molecule has 2 aliphatic heterocycles. The van der Waals surface area contributed by atoms with Gasteiger partial charge in [0.1, 0.15) is 47.1 Å². The van der Waals surface area contributed by atoms with E-state index >= 15 is 9.59 Å². The smallest absolute Gasteiger partial charge is 0.487 e. The quantitative estimate of drug-likeness (QED) is 0.0304. The van der Waals surface area contributed by atoms with Crippen LogP contribution in [0, 0.1) is 23.7 Å². The van der Waals surface area contributed by atoms with Crippen LogP contribution in [0.25, 0.3) is 0 Å². The fourth-order valence-electron chi connectivity index (χ4n) is 14.5. The molecule has 3 N–H and O–H groups in total. The second-order valence-corrected chi connectivity index (χ2v) is 27.1. The molecule has 5 aliphatic rings. The van der Waals surface area contributed by atoms with E-state index in [4.69, 9.17) is 37.9 Å². The Morgan fingerprint density at radius 1 is 0.753 bits per heavy atom. The second-order valence-electron chi connectivity index (χ2n) is 27.1. The molecule has 2 saturated carbocycles. The molecule has 18 heteroatoms. The van der Waals surface area contributed by atoms with E-state index in [9.17, 15) is 34.2 Å². The zero-order valence-corrected chi connectivity index (χ0v) is 55.5. The second kappa shape index (κ2) is 28.2. The Hall–Kier alpha value is -8.19. The maximum atomic E-state index is 16.0. The van der Waals surface area contributed by atoms with Crippen molar-refractivity contribution in [2.75, 3.05) is 6.61 Å². The van der Waals surface area contributed by atoms with Crippen LogP contribution in [-0.2, 0) is 54.0 Å². The van der Waals surface area contributed by atoms with Gasteiger partial charge in [-0.05, 0) is 171 Å². The molecule has 93 heavy (non-hydrogen) atoms. The fourth-order valence-corrected chi connectivity index (χ4v) is 14.5. The minimum absolute atomic E-state index is 0.0374. The maximum Gasteiger partial charge on any atom is 0.514 e. The molecule has 0 spiro atoms. The normalized spacial score (nSPS) is 27.7. The van der Waals surface area contributed by atoms with Gasteiger partial charge < -0.3 is 53.4 Å². The number of ketones is 1. The van der Waals surface area contributed by atoms with Crippen molar-refractivity contribution in [3.05, 3.63) is 177 Å². The zero-order chi connectivity index (χ0) is 67.4. The van der Waals surface area contributed by atoms with Crippen LogP contribution in [0.3, 0.4) is 0 Å². The number of allylic oxidation sites excluding steroid dienone is 6. The lowest BCUT2D eigenvalue weighted by atomic mass is 9.44. The van der Waals surface area contributed by atoms with Gasteiger partial charge in [0.15, 0.2) is 17.5 Å². The first-order valence-electron chi connectivity index (χ1n) is 32.2. The molecule has 9 rings (SSSR count). The standard InChI is InChI=1S/C75H89NO17/c1-44(2)25-22-26-45(3)27-23-28-46(4)29-24-37-72(11)38-36-54-40-55(39-47(5)61(54)93-72)88-70(84)90-63(60(51-30-16-13-17-31-51)76-67(81)52-32-18-14-19-33-52)69(83)89-56-42-75(85)66(91-68(82)53-34-20-15-21-35-53)64-73(12,57(79)41-58-74(64,43-86-58)92-50(8)78)65(80)62(87-49(7)77)59(48(56)6)71(75,9)10/h13-21,25,27,29-35,39-40,56-58,60,62-64,66,79,85H,22-24,26,28,36-38,41-43H2,1-12H3,(H,76,81)/b45-27+,46-29+/t56-,57-,58+,60-,62+,63+,64-,66-,72-,73+,74-,75+/m1/s1. The molecule has 2 bridgehead atoms. The summed E-state index contributed by atoms with van der Waals surface area (Å²) in [6.45, 7) is 20.5. The van der Waals surface area contributed by atoms with E-state index in [2.05, 4.69) is 58.2 Å².